The van der Waals surface area contributed by atoms with Gasteiger partial charge >= 0.3 is 0 Å². The maximum absolute atomic E-state index is 12.8. The molecule has 0 unspecified atom stereocenters. The number of amides is 2. The van der Waals surface area contributed by atoms with Gasteiger partial charge in [-0.25, -0.2) is 4.98 Å². The second kappa shape index (κ2) is 10.6. The second-order valence-corrected chi connectivity index (χ2v) is 9.71. The van der Waals surface area contributed by atoms with E-state index in [9.17, 15) is 9.59 Å². The Morgan fingerprint density at radius 3 is 2.48 bits per heavy atom. The van der Waals surface area contributed by atoms with Crippen LogP contribution in [-0.4, -0.2) is 39.4 Å². The van der Waals surface area contributed by atoms with Gasteiger partial charge in [0.05, 0.1) is 5.02 Å². The van der Waals surface area contributed by atoms with Crippen LogP contribution < -0.4 is 5.32 Å². The molecule has 2 aromatic heterocycles. The Morgan fingerprint density at radius 1 is 1.09 bits per heavy atom. The third-order valence-electron chi connectivity index (χ3n) is 7.02. The van der Waals surface area contributed by atoms with Gasteiger partial charge in [0.2, 0.25) is 11.8 Å². The van der Waals surface area contributed by atoms with Crippen molar-refractivity contribution in [3.8, 4) is 0 Å². The minimum Gasteiger partial charge on any atom is -0.346 e. The van der Waals surface area contributed by atoms with Gasteiger partial charge in [0.25, 0.3) is 0 Å². The van der Waals surface area contributed by atoms with Gasteiger partial charge in [-0.1, -0.05) is 30.9 Å². The third-order valence-corrected chi connectivity index (χ3v) is 7.25. The van der Waals surface area contributed by atoms with Gasteiger partial charge in [0.15, 0.2) is 0 Å². The number of aryl methyl sites for hydroxylation is 1. The summed E-state index contributed by atoms with van der Waals surface area (Å²) in [5.41, 5.74) is 3.64. The van der Waals surface area contributed by atoms with E-state index in [0.29, 0.717) is 42.8 Å². The molecule has 33 heavy (non-hydrogen) atoms. The van der Waals surface area contributed by atoms with Crippen molar-refractivity contribution in [3.63, 3.8) is 0 Å². The molecule has 6 nitrogen and oxygen atoms in total. The molecule has 2 amide bonds. The van der Waals surface area contributed by atoms with Gasteiger partial charge in [-0.2, -0.15) is 0 Å². The number of pyridine rings is 1. The summed E-state index contributed by atoms with van der Waals surface area (Å²) in [4.78, 5) is 31.3. The summed E-state index contributed by atoms with van der Waals surface area (Å²) in [6, 6.07) is 6.17. The first-order valence-electron chi connectivity index (χ1n) is 12.0. The van der Waals surface area contributed by atoms with Crippen molar-refractivity contribution in [2.24, 2.45) is 5.92 Å². The van der Waals surface area contributed by atoms with Gasteiger partial charge in [0, 0.05) is 48.7 Å². The number of aromatic nitrogens is 2. The number of nitrogens with zero attached hydrogens (tertiary/aromatic N) is 3. The van der Waals surface area contributed by atoms with Crippen molar-refractivity contribution in [1.29, 1.82) is 0 Å². The van der Waals surface area contributed by atoms with Gasteiger partial charge in [-0.3, -0.25) is 9.59 Å². The summed E-state index contributed by atoms with van der Waals surface area (Å²) in [7, 11) is 0. The Labute approximate surface area is 201 Å². The molecular formula is C26H33ClN4O2. The van der Waals surface area contributed by atoms with Crippen molar-refractivity contribution in [1.82, 2.24) is 14.5 Å². The number of carbonyl (C=O) groups excluding carboxylic acids is 2. The smallest absolute Gasteiger partial charge is 0.246 e. The predicted molar refractivity (Wildman–Crippen MR) is 132 cm³/mol. The lowest BCUT2D eigenvalue weighted by Gasteiger charge is -2.30. The van der Waals surface area contributed by atoms with Crippen LogP contribution in [0, 0.1) is 19.8 Å². The van der Waals surface area contributed by atoms with E-state index < -0.39 is 0 Å². The SMILES string of the molecule is Cc1cc(/C=C/C(=O)N2CCC(C(=O)Nc3ccc(Cl)cn3)CC2)c(C)n1C1CCCCC1. The standard InChI is InChI=1S/C26H33ClN4O2/c1-18-16-21(19(2)31(18)23-6-4-3-5-7-23)8-11-25(32)30-14-12-20(13-15-30)26(33)29-24-10-9-22(27)17-28-24/h8-11,16-17,20,23H,3-7,12-15H2,1-2H3,(H,28,29,33)/b11-8+. The topological polar surface area (TPSA) is 67.2 Å². The lowest BCUT2D eigenvalue weighted by atomic mass is 9.95. The maximum atomic E-state index is 12.8. The van der Waals surface area contributed by atoms with E-state index >= 15 is 0 Å². The number of piperidine rings is 1. The highest BCUT2D eigenvalue weighted by Crippen LogP contribution is 2.32. The van der Waals surface area contributed by atoms with Gasteiger partial charge in [-0.15, -0.1) is 0 Å². The fourth-order valence-electron chi connectivity index (χ4n) is 5.18. The number of nitrogens with one attached hydrogen (secondary N) is 1. The molecule has 7 heteroatoms. The fourth-order valence-corrected chi connectivity index (χ4v) is 5.29. The highest BCUT2D eigenvalue weighted by atomic mass is 35.5. The molecule has 2 aromatic rings. The zero-order valence-corrected chi connectivity index (χ0v) is 20.3. The maximum Gasteiger partial charge on any atom is 0.246 e. The molecule has 1 saturated heterocycles. The Hall–Kier alpha value is -2.60. The summed E-state index contributed by atoms with van der Waals surface area (Å²) in [6.07, 6.45) is 12.9. The zero-order chi connectivity index (χ0) is 23.4. The summed E-state index contributed by atoms with van der Waals surface area (Å²) in [5.74, 6) is 0.333. The van der Waals surface area contributed by atoms with Crippen LogP contribution in [-0.2, 0) is 9.59 Å². The number of hydrogen-bond acceptors (Lipinski definition) is 3. The molecule has 0 atom stereocenters. The average molecular weight is 469 g/mol. The van der Waals surface area contributed by atoms with E-state index in [1.165, 1.54) is 49.7 Å². The van der Waals surface area contributed by atoms with E-state index in [2.05, 4.69) is 34.8 Å². The number of hydrogen-bond donors (Lipinski definition) is 1. The lowest BCUT2D eigenvalue weighted by Crippen LogP contribution is -2.40. The average Bonchev–Trinajstić information content (AvgIpc) is 3.12. The van der Waals surface area contributed by atoms with Crippen LogP contribution in [0.2, 0.25) is 5.02 Å². The van der Waals surface area contributed by atoms with Gasteiger partial charge < -0.3 is 14.8 Å². The quantitative estimate of drug-likeness (QED) is 0.585. The highest BCUT2D eigenvalue weighted by Gasteiger charge is 2.27. The molecule has 1 saturated carbocycles. The summed E-state index contributed by atoms with van der Waals surface area (Å²) in [5, 5.41) is 3.37. The normalized spacial score (nSPS) is 18.1. The van der Waals surface area contributed by atoms with Crippen molar-refractivity contribution >= 4 is 35.3 Å². The van der Waals surface area contributed by atoms with Crippen LogP contribution in [0.3, 0.4) is 0 Å². The van der Waals surface area contributed by atoms with Gasteiger partial charge in [0.1, 0.15) is 5.82 Å². The lowest BCUT2D eigenvalue weighted by molar-refractivity contribution is -0.130. The molecule has 0 aromatic carbocycles. The molecule has 4 rings (SSSR count). The summed E-state index contributed by atoms with van der Waals surface area (Å²) >= 11 is 5.84. The van der Waals surface area contributed by atoms with Crippen LogP contribution in [0.5, 0.6) is 0 Å². The number of anilines is 1. The fraction of sp³-hybridized carbons (Fsp3) is 0.500. The minimum atomic E-state index is -0.120. The molecule has 3 heterocycles. The Kier molecular flexibility index (Phi) is 7.53. The second-order valence-electron chi connectivity index (χ2n) is 9.27. The van der Waals surface area contributed by atoms with Crippen molar-refractivity contribution < 1.29 is 9.59 Å². The van der Waals surface area contributed by atoms with E-state index in [1.54, 1.807) is 18.2 Å². The Bertz CT molecular complexity index is 1010. The van der Waals surface area contributed by atoms with Crippen molar-refractivity contribution in [3.05, 3.63) is 52.4 Å². The third kappa shape index (κ3) is 5.67. The molecule has 1 aliphatic heterocycles. The minimum absolute atomic E-state index is 0.00990. The molecule has 0 bridgehead atoms. The van der Waals surface area contributed by atoms with Crippen LogP contribution >= 0.6 is 11.6 Å². The van der Waals surface area contributed by atoms with E-state index in [1.807, 2.05) is 11.0 Å². The molecule has 0 radical (unpaired) electrons. The molecule has 176 valence electrons. The van der Waals surface area contributed by atoms with Crippen molar-refractivity contribution in [2.45, 2.75) is 64.8 Å². The molecule has 1 aliphatic carbocycles. The van der Waals surface area contributed by atoms with Crippen LogP contribution in [0.25, 0.3) is 6.08 Å². The number of rotatable bonds is 5. The Morgan fingerprint density at radius 2 is 1.82 bits per heavy atom. The van der Waals surface area contributed by atoms with E-state index in [0.717, 1.165) is 5.56 Å². The van der Waals surface area contributed by atoms with E-state index in [-0.39, 0.29) is 17.7 Å². The van der Waals surface area contributed by atoms with Crippen LogP contribution in [0.15, 0.2) is 30.5 Å². The first-order chi connectivity index (χ1) is 15.9. The number of carbonyl (C=O) groups is 2. The monoisotopic (exact) mass is 468 g/mol. The summed E-state index contributed by atoms with van der Waals surface area (Å²) in [6.45, 7) is 5.48. The molecule has 0 spiro atoms. The Balaban J connectivity index is 1.31. The predicted octanol–water partition coefficient (Wildman–Crippen LogP) is 5.55. The first-order valence-corrected chi connectivity index (χ1v) is 12.4. The van der Waals surface area contributed by atoms with Gasteiger partial charge in [-0.05, 0) is 69.4 Å². The zero-order valence-electron chi connectivity index (χ0n) is 19.5. The van der Waals surface area contributed by atoms with Crippen LogP contribution in [0.4, 0.5) is 5.82 Å². The highest BCUT2D eigenvalue weighted by molar-refractivity contribution is 6.30. The molecule has 2 aliphatic rings. The first kappa shape index (κ1) is 23.6. The summed E-state index contributed by atoms with van der Waals surface area (Å²) < 4.78 is 2.46. The van der Waals surface area contributed by atoms with E-state index in [4.69, 9.17) is 11.6 Å². The molecule has 1 N–H and O–H groups in total. The molecular weight excluding hydrogens is 436 g/mol. The molecule has 2 fully saturated rings. The van der Waals surface area contributed by atoms with Crippen molar-refractivity contribution in [2.75, 3.05) is 18.4 Å². The number of halogens is 1. The largest absolute Gasteiger partial charge is 0.346 e. The number of likely N-dealkylation sites (tertiary alicyclic amines) is 1. The van der Waals surface area contributed by atoms with Crippen LogP contribution in [0.1, 0.15) is 67.9 Å².